The Hall–Kier alpha value is -0.273. The van der Waals surface area contributed by atoms with Crippen molar-refractivity contribution in [3.05, 3.63) is 29.8 Å². The second-order valence-electron chi connectivity index (χ2n) is 6.03. The van der Waals surface area contributed by atoms with E-state index in [0.29, 0.717) is 0 Å². The van der Waals surface area contributed by atoms with Crippen LogP contribution in [-0.4, -0.2) is 13.0 Å². The average Bonchev–Trinajstić information content (AvgIpc) is 2.49. The van der Waals surface area contributed by atoms with Gasteiger partial charge in [-0.2, -0.15) is 0 Å². The van der Waals surface area contributed by atoms with E-state index in [0.717, 1.165) is 18.4 Å². The number of hydrogen-bond acceptors (Lipinski definition) is 3. The van der Waals surface area contributed by atoms with E-state index in [1.807, 2.05) is 6.07 Å². The average molecular weight is 332 g/mol. The molecule has 0 fully saturated rings. The Balaban J connectivity index is 0.00000484. The van der Waals surface area contributed by atoms with Crippen LogP contribution >= 0.6 is 0 Å². The summed E-state index contributed by atoms with van der Waals surface area (Å²) in [4.78, 5) is -0.114. The van der Waals surface area contributed by atoms with E-state index in [1.165, 1.54) is 69.9 Å². The molecule has 1 aromatic carbocycles. The molecule has 0 N–H and O–H groups in total. The minimum absolute atomic E-state index is 0. The van der Waals surface area contributed by atoms with Gasteiger partial charge in [0.25, 0.3) is 0 Å². The fourth-order valence-electron chi connectivity index (χ4n) is 2.67. The molecule has 0 atom stereocenters. The standard InChI is InChI=1S/C18H30O3S.Li/c1-2-3-4-5-6-7-8-9-10-11-13-17-14-12-15-18(16-17)22(19,20)21;/h12,14-16H,2-11,13H2,1H3,(H,19,20,21);/q;+1/p-1. The largest absolute Gasteiger partial charge is 1.00 e. The van der Waals surface area contributed by atoms with Crippen molar-refractivity contribution in [2.24, 2.45) is 0 Å². The summed E-state index contributed by atoms with van der Waals surface area (Å²) >= 11 is 0. The van der Waals surface area contributed by atoms with Crippen LogP contribution in [0.1, 0.15) is 76.7 Å². The van der Waals surface area contributed by atoms with E-state index < -0.39 is 10.1 Å². The zero-order valence-corrected chi connectivity index (χ0v) is 15.5. The van der Waals surface area contributed by atoms with Gasteiger partial charge >= 0.3 is 18.9 Å². The van der Waals surface area contributed by atoms with Crippen molar-refractivity contribution in [2.75, 3.05) is 0 Å². The van der Waals surface area contributed by atoms with Crippen molar-refractivity contribution in [1.82, 2.24) is 0 Å². The number of unbranched alkanes of at least 4 members (excludes halogenated alkanes) is 9. The molecule has 0 heterocycles. The van der Waals surface area contributed by atoms with Crippen LogP contribution in [0.2, 0.25) is 0 Å². The van der Waals surface area contributed by atoms with Gasteiger partial charge in [-0.15, -0.1) is 0 Å². The Kier molecular flexibility index (Phi) is 12.9. The molecular weight excluding hydrogens is 303 g/mol. The Morgan fingerprint density at radius 3 is 1.91 bits per heavy atom. The van der Waals surface area contributed by atoms with E-state index in [-0.39, 0.29) is 23.8 Å². The maximum absolute atomic E-state index is 11.0. The van der Waals surface area contributed by atoms with Crippen LogP contribution in [0, 0.1) is 0 Å². The molecule has 0 aromatic heterocycles. The Bertz CT molecular complexity index is 515. The summed E-state index contributed by atoms with van der Waals surface area (Å²) in [5.41, 5.74) is 0.941. The van der Waals surface area contributed by atoms with Gasteiger partial charge in [0.15, 0.2) is 0 Å². The molecule has 1 rings (SSSR count). The van der Waals surface area contributed by atoms with Crippen LogP contribution in [0.15, 0.2) is 29.2 Å². The van der Waals surface area contributed by atoms with Gasteiger partial charge in [-0.25, -0.2) is 8.42 Å². The van der Waals surface area contributed by atoms with Crippen molar-refractivity contribution in [1.29, 1.82) is 0 Å². The molecule has 5 heteroatoms. The molecule has 0 amide bonds. The monoisotopic (exact) mass is 332 g/mol. The second kappa shape index (κ2) is 13.1. The second-order valence-corrected chi connectivity index (χ2v) is 7.41. The summed E-state index contributed by atoms with van der Waals surface area (Å²) in [6.45, 7) is 2.24. The van der Waals surface area contributed by atoms with Gasteiger partial charge in [-0.05, 0) is 30.5 Å². The Labute approximate surface area is 154 Å². The van der Waals surface area contributed by atoms with E-state index in [2.05, 4.69) is 6.92 Å². The third-order valence-corrected chi connectivity index (χ3v) is 4.84. The maximum atomic E-state index is 11.0. The van der Waals surface area contributed by atoms with Crippen LogP contribution in [0.4, 0.5) is 0 Å². The third-order valence-electron chi connectivity index (χ3n) is 4.01. The van der Waals surface area contributed by atoms with Gasteiger partial charge in [-0.3, -0.25) is 0 Å². The first-order chi connectivity index (χ1) is 10.5. The topological polar surface area (TPSA) is 57.2 Å². The van der Waals surface area contributed by atoms with Gasteiger partial charge in [0, 0.05) is 0 Å². The molecule has 0 radical (unpaired) electrons. The molecule has 23 heavy (non-hydrogen) atoms. The summed E-state index contributed by atoms with van der Waals surface area (Å²) in [7, 11) is -4.33. The van der Waals surface area contributed by atoms with Crippen LogP contribution in [0.3, 0.4) is 0 Å². The molecule has 0 aliphatic carbocycles. The van der Waals surface area contributed by atoms with Crippen molar-refractivity contribution in [3.8, 4) is 0 Å². The van der Waals surface area contributed by atoms with Gasteiger partial charge in [-0.1, -0.05) is 76.8 Å². The molecule has 0 saturated carbocycles. The molecule has 0 bridgehead atoms. The van der Waals surface area contributed by atoms with Crippen LogP contribution in [-0.2, 0) is 16.5 Å². The molecule has 0 unspecified atom stereocenters. The van der Waals surface area contributed by atoms with E-state index >= 15 is 0 Å². The smallest absolute Gasteiger partial charge is 0.744 e. The quantitative estimate of drug-likeness (QED) is 0.334. The first kappa shape index (κ1) is 22.7. The van der Waals surface area contributed by atoms with Gasteiger partial charge in [0.05, 0.1) is 4.90 Å². The molecule has 0 aliphatic rings. The van der Waals surface area contributed by atoms with Crippen molar-refractivity contribution in [2.45, 2.75) is 82.4 Å². The normalized spacial score (nSPS) is 11.2. The van der Waals surface area contributed by atoms with Crippen molar-refractivity contribution >= 4 is 10.1 Å². The fraction of sp³-hybridized carbons (Fsp3) is 0.667. The van der Waals surface area contributed by atoms with Crippen LogP contribution in [0.5, 0.6) is 0 Å². The molecule has 126 valence electrons. The Morgan fingerprint density at radius 1 is 0.870 bits per heavy atom. The number of rotatable bonds is 12. The summed E-state index contributed by atoms with van der Waals surface area (Å²) in [5, 5.41) is 0. The summed E-state index contributed by atoms with van der Waals surface area (Å²) in [6, 6.07) is 6.42. The predicted molar refractivity (Wildman–Crippen MR) is 90.0 cm³/mol. The van der Waals surface area contributed by atoms with Crippen LogP contribution in [0.25, 0.3) is 0 Å². The maximum Gasteiger partial charge on any atom is 1.00 e. The summed E-state index contributed by atoms with van der Waals surface area (Å²) in [5.74, 6) is 0. The molecule has 3 nitrogen and oxygen atoms in total. The number of benzene rings is 1. The van der Waals surface area contributed by atoms with Crippen LogP contribution < -0.4 is 18.9 Å². The fourth-order valence-corrected chi connectivity index (χ4v) is 3.21. The van der Waals surface area contributed by atoms with E-state index in [1.54, 1.807) is 6.07 Å². The zero-order valence-electron chi connectivity index (χ0n) is 14.7. The Morgan fingerprint density at radius 2 is 1.39 bits per heavy atom. The first-order valence-corrected chi connectivity index (χ1v) is 9.99. The van der Waals surface area contributed by atoms with Gasteiger partial charge in [0.2, 0.25) is 0 Å². The SMILES string of the molecule is CCCCCCCCCCCCc1cccc(S(=O)(=O)[O-])c1.[Li+]. The summed E-state index contributed by atoms with van der Waals surface area (Å²) in [6.07, 6.45) is 13.7. The van der Waals surface area contributed by atoms with Crippen molar-refractivity contribution in [3.63, 3.8) is 0 Å². The minimum atomic E-state index is -4.33. The third kappa shape index (κ3) is 11.0. The van der Waals surface area contributed by atoms with Crippen molar-refractivity contribution < 1.29 is 31.8 Å². The summed E-state index contributed by atoms with van der Waals surface area (Å²) < 4.78 is 32.9. The minimum Gasteiger partial charge on any atom is -0.744 e. The molecule has 0 spiro atoms. The molecular formula is C18H29LiO3S. The zero-order chi connectivity index (χ0) is 16.3. The van der Waals surface area contributed by atoms with E-state index in [9.17, 15) is 13.0 Å². The van der Waals surface area contributed by atoms with Gasteiger partial charge < -0.3 is 4.55 Å². The predicted octanol–water partition coefficient (Wildman–Crippen LogP) is 2.06. The number of hydrogen-bond donors (Lipinski definition) is 0. The molecule has 0 aliphatic heterocycles. The molecule has 1 aromatic rings. The first-order valence-electron chi connectivity index (χ1n) is 8.59. The van der Waals surface area contributed by atoms with E-state index in [4.69, 9.17) is 0 Å². The van der Waals surface area contributed by atoms with Gasteiger partial charge in [0.1, 0.15) is 10.1 Å². The molecule has 0 saturated heterocycles. The number of aryl methyl sites for hydroxylation is 1.